The van der Waals surface area contributed by atoms with Gasteiger partial charge < -0.3 is 5.11 Å². The summed E-state index contributed by atoms with van der Waals surface area (Å²) < 4.78 is 0. The summed E-state index contributed by atoms with van der Waals surface area (Å²) in [6.45, 7) is 2.51. The fraction of sp³-hybridized carbons (Fsp3) is 1.00. The van der Waals surface area contributed by atoms with E-state index < -0.39 is 0 Å². The zero-order valence-corrected chi connectivity index (χ0v) is 8.26. The number of aliphatic hydroxyl groups is 1. The lowest BCUT2D eigenvalue weighted by Gasteiger charge is -2.22. The summed E-state index contributed by atoms with van der Waals surface area (Å²) in [7, 11) is 0. The van der Waals surface area contributed by atoms with Crippen molar-refractivity contribution in [3.05, 3.63) is 0 Å². The minimum absolute atomic E-state index is 0.368. The maximum Gasteiger partial charge on any atom is 0.0456 e. The first kappa shape index (κ1) is 10.0. The molecule has 0 aromatic heterocycles. The van der Waals surface area contributed by atoms with Gasteiger partial charge in [0, 0.05) is 6.61 Å². The van der Waals surface area contributed by atoms with Crippen LogP contribution in [0.2, 0.25) is 0 Å². The van der Waals surface area contributed by atoms with Crippen molar-refractivity contribution in [3.63, 3.8) is 0 Å². The maximum absolute atomic E-state index is 8.86. The quantitative estimate of drug-likeness (QED) is 0.687. The Kier molecular flexibility index (Phi) is 4.67. The molecule has 0 aliphatic heterocycles. The normalized spacial score (nSPS) is 22.5. The fourth-order valence-electron chi connectivity index (χ4n) is 2.09. The van der Waals surface area contributed by atoms with Crippen LogP contribution in [-0.2, 0) is 0 Å². The molecule has 0 aromatic carbocycles. The van der Waals surface area contributed by atoms with E-state index in [-0.39, 0.29) is 0 Å². The lowest BCUT2D eigenvalue weighted by atomic mass is 9.84. The van der Waals surface area contributed by atoms with Crippen molar-refractivity contribution in [2.24, 2.45) is 11.8 Å². The van der Waals surface area contributed by atoms with Gasteiger partial charge >= 0.3 is 0 Å². The van der Waals surface area contributed by atoms with Gasteiger partial charge in [0.25, 0.3) is 0 Å². The molecule has 1 fully saturated rings. The third-order valence-electron chi connectivity index (χ3n) is 3.10. The fourth-order valence-corrected chi connectivity index (χ4v) is 2.09. The van der Waals surface area contributed by atoms with Gasteiger partial charge in [-0.2, -0.15) is 0 Å². The topological polar surface area (TPSA) is 20.2 Å². The van der Waals surface area contributed by atoms with Gasteiger partial charge in [-0.25, -0.2) is 0 Å². The SMILES string of the molecule is C[C@@H](CO)CCC1CCCCC1. The molecule has 1 saturated carbocycles. The minimum Gasteiger partial charge on any atom is -0.396 e. The first-order valence-corrected chi connectivity index (χ1v) is 5.43. The molecule has 0 saturated heterocycles. The summed E-state index contributed by atoms with van der Waals surface area (Å²) in [5.74, 6) is 1.50. The molecular weight excluding hydrogens is 148 g/mol. The zero-order chi connectivity index (χ0) is 8.81. The Morgan fingerprint density at radius 2 is 1.92 bits per heavy atom. The Morgan fingerprint density at radius 3 is 2.50 bits per heavy atom. The lowest BCUT2D eigenvalue weighted by molar-refractivity contribution is 0.214. The summed E-state index contributed by atoms with van der Waals surface area (Å²) in [6, 6.07) is 0. The van der Waals surface area contributed by atoms with Gasteiger partial charge in [0.2, 0.25) is 0 Å². The highest BCUT2D eigenvalue weighted by Gasteiger charge is 2.13. The lowest BCUT2D eigenvalue weighted by Crippen LogP contribution is -2.09. The van der Waals surface area contributed by atoms with Gasteiger partial charge in [0.15, 0.2) is 0 Å². The van der Waals surface area contributed by atoms with Gasteiger partial charge in [-0.1, -0.05) is 45.4 Å². The second-order valence-electron chi connectivity index (χ2n) is 4.37. The maximum atomic E-state index is 8.86. The minimum atomic E-state index is 0.368. The van der Waals surface area contributed by atoms with Crippen LogP contribution in [0.25, 0.3) is 0 Å². The molecule has 1 atom stereocenters. The van der Waals surface area contributed by atoms with Crippen LogP contribution in [0, 0.1) is 11.8 Å². The van der Waals surface area contributed by atoms with E-state index in [1.54, 1.807) is 0 Å². The molecule has 0 radical (unpaired) electrons. The third kappa shape index (κ3) is 3.57. The Labute approximate surface area is 76.2 Å². The molecule has 1 heteroatoms. The van der Waals surface area contributed by atoms with Crippen molar-refractivity contribution in [2.75, 3.05) is 6.61 Å². The van der Waals surface area contributed by atoms with Gasteiger partial charge in [0.05, 0.1) is 0 Å². The molecule has 0 spiro atoms. The highest BCUT2D eigenvalue weighted by Crippen LogP contribution is 2.28. The highest BCUT2D eigenvalue weighted by atomic mass is 16.3. The average Bonchev–Trinajstić information content (AvgIpc) is 2.16. The smallest absolute Gasteiger partial charge is 0.0456 e. The number of aliphatic hydroxyl groups excluding tert-OH is 1. The van der Waals surface area contributed by atoms with E-state index in [1.165, 1.54) is 44.9 Å². The summed E-state index contributed by atoms with van der Waals surface area (Å²) in [4.78, 5) is 0. The van der Waals surface area contributed by atoms with Gasteiger partial charge in [-0.3, -0.25) is 0 Å². The van der Waals surface area contributed by atoms with E-state index in [9.17, 15) is 0 Å². The van der Waals surface area contributed by atoms with E-state index in [1.807, 2.05) is 0 Å². The van der Waals surface area contributed by atoms with Crippen LogP contribution in [-0.4, -0.2) is 11.7 Å². The predicted octanol–water partition coefficient (Wildman–Crippen LogP) is 2.98. The van der Waals surface area contributed by atoms with Crippen LogP contribution >= 0.6 is 0 Å². The molecule has 12 heavy (non-hydrogen) atoms. The van der Waals surface area contributed by atoms with Crippen molar-refractivity contribution >= 4 is 0 Å². The highest BCUT2D eigenvalue weighted by molar-refractivity contribution is 4.66. The standard InChI is InChI=1S/C11H22O/c1-10(9-12)7-8-11-5-3-2-4-6-11/h10-12H,2-9H2,1H3/t10-/m1/s1. The van der Waals surface area contributed by atoms with Crippen molar-refractivity contribution in [1.29, 1.82) is 0 Å². The molecule has 0 heterocycles. The second kappa shape index (κ2) is 5.58. The Hall–Kier alpha value is -0.0400. The van der Waals surface area contributed by atoms with E-state index >= 15 is 0 Å². The molecule has 0 aromatic rings. The van der Waals surface area contributed by atoms with Gasteiger partial charge in [-0.05, 0) is 18.3 Å². The van der Waals surface area contributed by atoms with Crippen molar-refractivity contribution in [1.82, 2.24) is 0 Å². The van der Waals surface area contributed by atoms with Crippen LogP contribution < -0.4 is 0 Å². The number of hydrogen-bond donors (Lipinski definition) is 1. The van der Waals surface area contributed by atoms with Crippen LogP contribution in [0.5, 0.6) is 0 Å². The predicted molar refractivity (Wildman–Crippen MR) is 52.1 cm³/mol. The molecule has 72 valence electrons. The van der Waals surface area contributed by atoms with Crippen LogP contribution in [0.4, 0.5) is 0 Å². The first-order valence-electron chi connectivity index (χ1n) is 5.43. The Morgan fingerprint density at radius 1 is 1.25 bits per heavy atom. The van der Waals surface area contributed by atoms with Crippen molar-refractivity contribution in [2.45, 2.75) is 51.9 Å². The average molecular weight is 170 g/mol. The molecule has 1 N–H and O–H groups in total. The Bertz CT molecular complexity index is 106. The van der Waals surface area contributed by atoms with Crippen LogP contribution in [0.3, 0.4) is 0 Å². The van der Waals surface area contributed by atoms with E-state index in [0.717, 1.165) is 5.92 Å². The summed E-state index contributed by atoms with van der Waals surface area (Å²) in [5, 5.41) is 8.86. The molecule has 0 bridgehead atoms. The van der Waals surface area contributed by atoms with Crippen molar-refractivity contribution < 1.29 is 5.11 Å². The summed E-state index contributed by atoms with van der Waals surface area (Å²) in [6.07, 6.45) is 9.79. The van der Waals surface area contributed by atoms with Crippen molar-refractivity contribution in [3.8, 4) is 0 Å². The molecule has 1 rings (SSSR count). The third-order valence-corrected chi connectivity index (χ3v) is 3.10. The van der Waals surface area contributed by atoms with E-state index in [0.29, 0.717) is 12.5 Å². The molecule has 1 aliphatic carbocycles. The zero-order valence-electron chi connectivity index (χ0n) is 8.26. The van der Waals surface area contributed by atoms with Gasteiger partial charge in [-0.15, -0.1) is 0 Å². The van der Waals surface area contributed by atoms with Crippen LogP contribution in [0.15, 0.2) is 0 Å². The second-order valence-corrected chi connectivity index (χ2v) is 4.37. The molecule has 1 nitrogen and oxygen atoms in total. The van der Waals surface area contributed by atoms with E-state index in [2.05, 4.69) is 6.92 Å². The first-order chi connectivity index (χ1) is 5.83. The summed E-state index contributed by atoms with van der Waals surface area (Å²) in [5.41, 5.74) is 0. The largest absolute Gasteiger partial charge is 0.396 e. The van der Waals surface area contributed by atoms with Gasteiger partial charge in [0.1, 0.15) is 0 Å². The monoisotopic (exact) mass is 170 g/mol. The number of rotatable bonds is 4. The molecular formula is C11H22O. The van der Waals surface area contributed by atoms with Crippen LogP contribution in [0.1, 0.15) is 51.9 Å². The molecule has 1 aliphatic rings. The summed E-state index contributed by atoms with van der Waals surface area (Å²) >= 11 is 0. The molecule has 0 amide bonds. The van der Waals surface area contributed by atoms with E-state index in [4.69, 9.17) is 5.11 Å². The Balaban J connectivity index is 2.05. The molecule has 0 unspecified atom stereocenters. The number of hydrogen-bond acceptors (Lipinski definition) is 1.